The van der Waals surface area contributed by atoms with Gasteiger partial charge in [0.15, 0.2) is 0 Å². The van der Waals surface area contributed by atoms with E-state index in [4.69, 9.17) is 0 Å². The number of aliphatic imine (C=N–C) groups is 1. The van der Waals surface area contributed by atoms with Crippen molar-refractivity contribution >= 4 is 38.6 Å². The van der Waals surface area contributed by atoms with E-state index < -0.39 is 22.0 Å². The molecule has 0 bridgehead atoms. The van der Waals surface area contributed by atoms with Crippen LogP contribution in [-0.4, -0.2) is 35.8 Å². The Kier molecular flexibility index (Phi) is 6.64. The van der Waals surface area contributed by atoms with Gasteiger partial charge in [-0.15, -0.1) is 0 Å². The molecule has 10 nitrogen and oxygen atoms in total. The smallest absolute Gasteiger partial charge is 0.263 e. The van der Waals surface area contributed by atoms with Gasteiger partial charge in [0.2, 0.25) is 5.95 Å². The Morgan fingerprint density at radius 2 is 1.88 bits per heavy atom. The molecule has 1 amide bonds. The number of hydrazine groups is 1. The van der Waals surface area contributed by atoms with Crippen LogP contribution >= 0.6 is 0 Å². The van der Waals surface area contributed by atoms with Crippen LogP contribution in [0.1, 0.15) is 38.7 Å². The summed E-state index contributed by atoms with van der Waals surface area (Å²) in [5, 5.41) is 0.487. The summed E-state index contributed by atoms with van der Waals surface area (Å²) in [6.45, 7) is 4.16. The third kappa shape index (κ3) is 4.51. The van der Waals surface area contributed by atoms with Gasteiger partial charge < -0.3 is 0 Å². The van der Waals surface area contributed by atoms with Gasteiger partial charge in [-0.25, -0.2) is 13.4 Å². The van der Waals surface area contributed by atoms with Crippen LogP contribution in [0.5, 0.6) is 0 Å². The number of hydrogen-bond donors (Lipinski definition) is 3. The Hall–Kier alpha value is -3.73. The lowest BCUT2D eigenvalue weighted by atomic mass is 10.1. The van der Waals surface area contributed by atoms with Gasteiger partial charge in [-0.3, -0.25) is 34.7 Å². The number of nitrogens with zero attached hydrogens (tertiary/aromatic N) is 3. The van der Waals surface area contributed by atoms with Gasteiger partial charge in [0.25, 0.3) is 21.5 Å². The number of amides is 1. The van der Waals surface area contributed by atoms with Gasteiger partial charge >= 0.3 is 0 Å². The van der Waals surface area contributed by atoms with Crippen molar-refractivity contribution in [2.75, 3.05) is 5.43 Å². The minimum absolute atomic E-state index is 0.133. The Bertz CT molecular complexity index is 1430. The van der Waals surface area contributed by atoms with Crippen molar-refractivity contribution in [1.29, 1.82) is 0 Å². The fourth-order valence-corrected chi connectivity index (χ4v) is 5.03. The number of rotatable bonds is 8. The van der Waals surface area contributed by atoms with Crippen LogP contribution in [0.3, 0.4) is 0 Å². The number of benzene rings is 2. The summed E-state index contributed by atoms with van der Waals surface area (Å²) in [5.74, 6) is -0.121. The SMILES string of the molecule is CCCC[C@H](N=C1NS(=O)(=O)c2ccccc21)C(=O)NNc1nc2ccccc2c(=O)n1CC. The van der Waals surface area contributed by atoms with Crippen LogP contribution < -0.4 is 21.1 Å². The van der Waals surface area contributed by atoms with Crippen LogP contribution in [0.15, 0.2) is 63.2 Å². The van der Waals surface area contributed by atoms with E-state index in [2.05, 4.69) is 25.6 Å². The zero-order valence-electron chi connectivity index (χ0n) is 18.9. The van der Waals surface area contributed by atoms with Crippen LogP contribution in [0, 0.1) is 0 Å². The molecule has 0 saturated heterocycles. The van der Waals surface area contributed by atoms with E-state index in [1.54, 1.807) is 42.5 Å². The molecular formula is C23H26N6O4S. The number of para-hydroxylation sites is 1. The minimum Gasteiger partial charge on any atom is -0.277 e. The summed E-state index contributed by atoms with van der Waals surface area (Å²) in [7, 11) is -3.71. The average Bonchev–Trinajstić information content (AvgIpc) is 3.10. The van der Waals surface area contributed by atoms with Crippen molar-refractivity contribution in [2.24, 2.45) is 4.99 Å². The van der Waals surface area contributed by atoms with E-state index in [0.717, 1.165) is 12.8 Å². The average molecular weight is 483 g/mol. The predicted octanol–water partition coefficient (Wildman–Crippen LogP) is 2.16. The van der Waals surface area contributed by atoms with Gasteiger partial charge in [-0.2, -0.15) is 0 Å². The molecule has 178 valence electrons. The van der Waals surface area contributed by atoms with Gasteiger partial charge in [0.05, 0.1) is 15.8 Å². The summed E-state index contributed by atoms with van der Waals surface area (Å²) in [6.07, 6.45) is 1.98. The lowest BCUT2D eigenvalue weighted by Crippen LogP contribution is -2.40. The number of hydrogen-bond acceptors (Lipinski definition) is 7. The Morgan fingerprint density at radius 1 is 1.15 bits per heavy atom. The number of anilines is 1. The largest absolute Gasteiger partial charge is 0.277 e. The highest BCUT2D eigenvalue weighted by Gasteiger charge is 2.31. The van der Waals surface area contributed by atoms with Gasteiger partial charge in [-0.1, -0.05) is 44.0 Å². The number of amidine groups is 1. The van der Waals surface area contributed by atoms with E-state index in [9.17, 15) is 18.0 Å². The highest BCUT2D eigenvalue weighted by atomic mass is 32.2. The molecule has 1 aliphatic rings. The maximum absolute atomic E-state index is 13.1. The minimum atomic E-state index is -3.71. The number of nitrogens with one attached hydrogen (secondary N) is 3. The summed E-state index contributed by atoms with van der Waals surface area (Å²) in [6, 6.07) is 12.6. The quantitative estimate of drug-likeness (QED) is 0.421. The number of carbonyl (C=O) groups excluding carboxylic acids is 1. The molecule has 0 radical (unpaired) electrons. The van der Waals surface area contributed by atoms with Crippen molar-refractivity contribution < 1.29 is 13.2 Å². The summed E-state index contributed by atoms with van der Waals surface area (Å²) in [4.78, 5) is 34.9. The molecule has 3 N–H and O–H groups in total. The molecule has 2 aromatic carbocycles. The van der Waals surface area contributed by atoms with Crippen molar-refractivity contribution in [3.8, 4) is 0 Å². The second kappa shape index (κ2) is 9.64. The first kappa shape index (κ1) is 23.4. The van der Waals surface area contributed by atoms with Crippen LogP contribution in [0.25, 0.3) is 10.9 Å². The molecule has 0 saturated carbocycles. The van der Waals surface area contributed by atoms with Crippen molar-refractivity contribution in [3.63, 3.8) is 0 Å². The molecule has 34 heavy (non-hydrogen) atoms. The molecule has 2 heterocycles. The molecule has 0 unspecified atom stereocenters. The Balaban J connectivity index is 1.60. The predicted molar refractivity (Wildman–Crippen MR) is 130 cm³/mol. The van der Waals surface area contributed by atoms with Crippen LogP contribution in [0.4, 0.5) is 5.95 Å². The topological polar surface area (TPSA) is 135 Å². The highest BCUT2D eigenvalue weighted by molar-refractivity contribution is 7.90. The first-order valence-corrected chi connectivity index (χ1v) is 12.6. The molecule has 4 rings (SSSR count). The van der Waals surface area contributed by atoms with E-state index in [1.807, 2.05) is 13.8 Å². The number of carbonyl (C=O) groups is 1. The molecule has 1 aromatic heterocycles. The molecule has 1 atom stereocenters. The Labute approximate surface area is 197 Å². The third-order valence-electron chi connectivity index (χ3n) is 5.56. The zero-order valence-corrected chi connectivity index (χ0v) is 19.7. The van der Waals surface area contributed by atoms with E-state index >= 15 is 0 Å². The van der Waals surface area contributed by atoms with Gasteiger partial charge in [0.1, 0.15) is 11.9 Å². The molecular weight excluding hydrogens is 456 g/mol. The first-order chi connectivity index (χ1) is 16.4. The molecule has 11 heteroatoms. The lowest BCUT2D eigenvalue weighted by Gasteiger charge is -2.17. The maximum atomic E-state index is 13.1. The van der Waals surface area contributed by atoms with E-state index in [-0.39, 0.29) is 22.2 Å². The summed E-state index contributed by atoms with van der Waals surface area (Å²) in [5.41, 5.74) is 6.08. The first-order valence-electron chi connectivity index (χ1n) is 11.1. The van der Waals surface area contributed by atoms with Crippen molar-refractivity contribution in [2.45, 2.75) is 50.6 Å². The lowest BCUT2D eigenvalue weighted by molar-refractivity contribution is -0.121. The molecule has 0 spiro atoms. The normalized spacial score (nSPS) is 16.1. The Morgan fingerprint density at radius 3 is 2.65 bits per heavy atom. The number of sulfonamides is 1. The monoisotopic (exact) mass is 482 g/mol. The van der Waals surface area contributed by atoms with Crippen molar-refractivity contribution in [3.05, 3.63) is 64.4 Å². The fourth-order valence-electron chi connectivity index (χ4n) is 3.79. The van der Waals surface area contributed by atoms with Crippen molar-refractivity contribution in [1.82, 2.24) is 19.7 Å². The van der Waals surface area contributed by atoms with E-state index in [0.29, 0.717) is 29.4 Å². The molecule has 0 fully saturated rings. The molecule has 0 aliphatic carbocycles. The third-order valence-corrected chi connectivity index (χ3v) is 6.95. The second-order valence-electron chi connectivity index (χ2n) is 7.85. The molecule has 1 aliphatic heterocycles. The number of unbranched alkanes of at least 4 members (excludes halogenated alkanes) is 1. The second-order valence-corrected chi connectivity index (χ2v) is 9.50. The highest BCUT2D eigenvalue weighted by Crippen LogP contribution is 2.23. The van der Waals surface area contributed by atoms with Crippen LogP contribution in [0.2, 0.25) is 0 Å². The number of aromatic nitrogens is 2. The maximum Gasteiger partial charge on any atom is 0.263 e. The zero-order chi connectivity index (χ0) is 24.3. The standard InChI is InChI=1S/C23H26N6O4S/c1-3-5-12-18(24-20-16-11-7-9-14-19(16)34(32,33)28-20)21(30)26-27-23-25-17-13-8-6-10-15(17)22(31)29(23)4-2/h6-11,13-14,18H,3-5,12H2,1-2H3,(H,24,28)(H,25,27)(H,26,30)/t18-/m0/s1. The van der Waals surface area contributed by atoms with Gasteiger partial charge in [0, 0.05) is 12.1 Å². The van der Waals surface area contributed by atoms with Crippen LogP contribution in [-0.2, 0) is 21.4 Å². The summed E-state index contributed by atoms with van der Waals surface area (Å²) < 4.78 is 28.7. The summed E-state index contributed by atoms with van der Waals surface area (Å²) >= 11 is 0. The van der Waals surface area contributed by atoms with E-state index in [1.165, 1.54) is 10.6 Å². The number of fused-ring (bicyclic) bond motifs is 2. The van der Waals surface area contributed by atoms with Gasteiger partial charge in [-0.05, 0) is 37.6 Å². The fraction of sp³-hybridized carbons (Fsp3) is 0.304. The molecule has 3 aromatic rings.